The maximum atomic E-state index is 6.15. The maximum Gasteiger partial charge on any atom is 0.230 e. The quantitative estimate of drug-likeness (QED) is 0.749. The standard InChI is InChI=1S/C19H20N6O/c20-17-15(14-5-2-1-3-6-14)13-22-19(23-17)24-18-16(7-4-8-21-18)25-9-11-26-12-10-25/h1-8,13H,9-12H2,(H3,20,21,22,23,24). The number of anilines is 4. The van der Waals surface area contributed by atoms with Gasteiger partial charge in [0.15, 0.2) is 5.82 Å². The number of nitrogens with zero attached hydrogens (tertiary/aromatic N) is 4. The zero-order valence-electron chi connectivity index (χ0n) is 14.3. The van der Waals surface area contributed by atoms with E-state index in [0.29, 0.717) is 30.8 Å². The number of nitrogens with one attached hydrogen (secondary N) is 1. The molecular formula is C19H20N6O. The lowest BCUT2D eigenvalue weighted by Gasteiger charge is -2.29. The van der Waals surface area contributed by atoms with E-state index in [0.717, 1.165) is 29.9 Å². The molecule has 0 atom stereocenters. The Bertz CT molecular complexity index is 880. The monoisotopic (exact) mass is 348 g/mol. The molecule has 0 unspecified atom stereocenters. The summed E-state index contributed by atoms with van der Waals surface area (Å²) in [6.45, 7) is 3.08. The minimum absolute atomic E-state index is 0.426. The number of nitrogens with two attached hydrogens (primary N) is 1. The van der Waals surface area contributed by atoms with Crippen molar-refractivity contribution in [1.82, 2.24) is 15.0 Å². The van der Waals surface area contributed by atoms with Crippen LogP contribution in [-0.4, -0.2) is 41.3 Å². The Hall–Kier alpha value is -3.19. The maximum absolute atomic E-state index is 6.15. The van der Waals surface area contributed by atoms with E-state index in [-0.39, 0.29) is 0 Å². The van der Waals surface area contributed by atoms with Gasteiger partial charge in [0.1, 0.15) is 5.82 Å². The topological polar surface area (TPSA) is 89.2 Å². The first-order valence-corrected chi connectivity index (χ1v) is 8.54. The Morgan fingerprint density at radius 3 is 2.58 bits per heavy atom. The molecule has 1 aromatic carbocycles. The van der Waals surface area contributed by atoms with Gasteiger partial charge in [-0.1, -0.05) is 30.3 Å². The van der Waals surface area contributed by atoms with Gasteiger partial charge in [-0.05, 0) is 17.7 Å². The first kappa shape index (κ1) is 16.3. The summed E-state index contributed by atoms with van der Waals surface area (Å²) in [6, 6.07) is 13.8. The predicted octanol–water partition coefficient (Wildman–Crippen LogP) is 2.70. The predicted molar refractivity (Wildman–Crippen MR) is 102 cm³/mol. The number of morpholine rings is 1. The van der Waals surface area contributed by atoms with Crippen LogP contribution in [0.25, 0.3) is 11.1 Å². The van der Waals surface area contributed by atoms with Gasteiger partial charge in [-0.2, -0.15) is 4.98 Å². The van der Waals surface area contributed by atoms with Crippen molar-refractivity contribution < 1.29 is 4.74 Å². The van der Waals surface area contributed by atoms with E-state index in [1.165, 1.54) is 0 Å². The van der Waals surface area contributed by atoms with Gasteiger partial charge in [-0.25, -0.2) is 9.97 Å². The summed E-state index contributed by atoms with van der Waals surface area (Å²) in [7, 11) is 0. The lowest BCUT2D eigenvalue weighted by atomic mass is 10.1. The normalized spacial score (nSPS) is 14.2. The Morgan fingerprint density at radius 1 is 1.00 bits per heavy atom. The van der Waals surface area contributed by atoms with Crippen LogP contribution in [0.2, 0.25) is 0 Å². The fraction of sp³-hybridized carbons (Fsp3) is 0.211. The molecule has 2 aromatic heterocycles. The number of hydrogen-bond donors (Lipinski definition) is 2. The number of benzene rings is 1. The number of ether oxygens (including phenoxy) is 1. The second kappa shape index (κ2) is 7.37. The highest BCUT2D eigenvalue weighted by Crippen LogP contribution is 2.28. The third-order valence-corrected chi connectivity index (χ3v) is 4.27. The molecule has 3 aromatic rings. The molecule has 0 aliphatic carbocycles. The van der Waals surface area contributed by atoms with Crippen LogP contribution >= 0.6 is 0 Å². The summed E-state index contributed by atoms with van der Waals surface area (Å²) in [5, 5.41) is 3.19. The van der Waals surface area contributed by atoms with Gasteiger partial charge in [-0.3, -0.25) is 0 Å². The summed E-state index contributed by atoms with van der Waals surface area (Å²) in [5.74, 6) is 1.56. The summed E-state index contributed by atoms with van der Waals surface area (Å²) < 4.78 is 5.43. The number of nitrogen functional groups attached to an aromatic ring is 1. The average Bonchev–Trinajstić information content (AvgIpc) is 2.70. The van der Waals surface area contributed by atoms with Gasteiger partial charge < -0.3 is 20.7 Å². The molecule has 0 radical (unpaired) electrons. The first-order valence-electron chi connectivity index (χ1n) is 8.54. The Balaban J connectivity index is 1.59. The van der Waals surface area contributed by atoms with E-state index in [4.69, 9.17) is 10.5 Å². The molecule has 26 heavy (non-hydrogen) atoms. The van der Waals surface area contributed by atoms with Crippen molar-refractivity contribution in [2.24, 2.45) is 0 Å². The molecule has 3 N–H and O–H groups in total. The molecular weight excluding hydrogens is 328 g/mol. The number of aromatic nitrogens is 3. The Morgan fingerprint density at radius 2 is 1.81 bits per heavy atom. The Kier molecular flexibility index (Phi) is 4.61. The van der Waals surface area contributed by atoms with Crippen LogP contribution in [0, 0.1) is 0 Å². The molecule has 1 aliphatic rings. The summed E-state index contributed by atoms with van der Waals surface area (Å²) in [6.07, 6.45) is 3.48. The summed E-state index contributed by atoms with van der Waals surface area (Å²) in [5.41, 5.74) is 8.95. The molecule has 4 rings (SSSR count). The minimum atomic E-state index is 0.426. The van der Waals surface area contributed by atoms with Gasteiger partial charge in [0.25, 0.3) is 0 Å². The zero-order valence-corrected chi connectivity index (χ0v) is 14.3. The van der Waals surface area contributed by atoms with Gasteiger partial charge >= 0.3 is 0 Å². The molecule has 132 valence electrons. The highest BCUT2D eigenvalue weighted by atomic mass is 16.5. The second-order valence-corrected chi connectivity index (χ2v) is 5.95. The van der Waals surface area contributed by atoms with Crippen molar-refractivity contribution in [1.29, 1.82) is 0 Å². The van der Waals surface area contributed by atoms with Crippen LogP contribution in [0.5, 0.6) is 0 Å². The smallest absolute Gasteiger partial charge is 0.230 e. The van der Waals surface area contributed by atoms with Crippen LogP contribution < -0.4 is 16.0 Å². The van der Waals surface area contributed by atoms with Crippen LogP contribution in [0.4, 0.5) is 23.3 Å². The fourth-order valence-corrected chi connectivity index (χ4v) is 2.95. The lowest BCUT2D eigenvalue weighted by molar-refractivity contribution is 0.122. The first-order chi connectivity index (χ1) is 12.8. The molecule has 7 heteroatoms. The van der Waals surface area contributed by atoms with Crippen LogP contribution in [0.15, 0.2) is 54.9 Å². The van der Waals surface area contributed by atoms with E-state index in [1.807, 2.05) is 42.5 Å². The molecule has 0 amide bonds. The molecule has 1 aliphatic heterocycles. The zero-order chi connectivity index (χ0) is 17.8. The van der Waals surface area contributed by atoms with Crippen molar-refractivity contribution >= 4 is 23.3 Å². The van der Waals surface area contributed by atoms with Crippen molar-refractivity contribution in [3.05, 3.63) is 54.9 Å². The largest absolute Gasteiger partial charge is 0.383 e. The molecule has 3 heterocycles. The molecule has 0 saturated carbocycles. The van der Waals surface area contributed by atoms with E-state index in [9.17, 15) is 0 Å². The van der Waals surface area contributed by atoms with E-state index in [2.05, 4.69) is 25.2 Å². The van der Waals surface area contributed by atoms with Crippen molar-refractivity contribution in [2.75, 3.05) is 42.3 Å². The third kappa shape index (κ3) is 3.43. The number of rotatable bonds is 4. The van der Waals surface area contributed by atoms with Gasteiger partial charge in [0.05, 0.1) is 18.9 Å². The van der Waals surface area contributed by atoms with Gasteiger partial charge in [0.2, 0.25) is 5.95 Å². The molecule has 1 saturated heterocycles. The minimum Gasteiger partial charge on any atom is -0.383 e. The summed E-state index contributed by atoms with van der Waals surface area (Å²) in [4.78, 5) is 15.5. The van der Waals surface area contributed by atoms with Gasteiger partial charge in [-0.15, -0.1) is 0 Å². The van der Waals surface area contributed by atoms with E-state index >= 15 is 0 Å². The Labute approximate surface area is 151 Å². The fourth-order valence-electron chi connectivity index (χ4n) is 2.95. The van der Waals surface area contributed by atoms with E-state index in [1.54, 1.807) is 12.4 Å². The van der Waals surface area contributed by atoms with E-state index < -0.39 is 0 Å². The molecule has 0 bridgehead atoms. The second-order valence-electron chi connectivity index (χ2n) is 5.95. The summed E-state index contributed by atoms with van der Waals surface area (Å²) >= 11 is 0. The number of hydrogen-bond acceptors (Lipinski definition) is 7. The van der Waals surface area contributed by atoms with Crippen LogP contribution in [0.3, 0.4) is 0 Å². The molecule has 7 nitrogen and oxygen atoms in total. The van der Waals surface area contributed by atoms with Crippen molar-refractivity contribution in [2.45, 2.75) is 0 Å². The molecule has 0 spiro atoms. The van der Waals surface area contributed by atoms with Crippen LogP contribution in [0.1, 0.15) is 0 Å². The number of pyridine rings is 1. The van der Waals surface area contributed by atoms with Gasteiger partial charge in [0, 0.05) is 31.0 Å². The van der Waals surface area contributed by atoms with Crippen molar-refractivity contribution in [3.8, 4) is 11.1 Å². The highest BCUT2D eigenvalue weighted by molar-refractivity contribution is 5.75. The highest BCUT2D eigenvalue weighted by Gasteiger charge is 2.16. The molecule has 1 fully saturated rings. The third-order valence-electron chi connectivity index (χ3n) is 4.27. The van der Waals surface area contributed by atoms with Crippen LogP contribution in [-0.2, 0) is 4.74 Å². The average molecular weight is 348 g/mol. The lowest BCUT2D eigenvalue weighted by Crippen LogP contribution is -2.36. The SMILES string of the molecule is Nc1nc(Nc2ncccc2N2CCOCC2)ncc1-c1ccccc1. The van der Waals surface area contributed by atoms with Crippen molar-refractivity contribution in [3.63, 3.8) is 0 Å².